The van der Waals surface area contributed by atoms with Gasteiger partial charge in [0.2, 0.25) is 0 Å². The molecule has 17 heavy (non-hydrogen) atoms. The first-order chi connectivity index (χ1) is 8.18. The summed E-state index contributed by atoms with van der Waals surface area (Å²) in [4.78, 5) is 2.52. The summed E-state index contributed by atoms with van der Waals surface area (Å²) in [7, 11) is 2.27. The van der Waals surface area contributed by atoms with E-state index in [9.17, 15) is 0 Å². The number of ether oxygens (including phenoxy) is 1. The van der Waals surface area contributed by atoms with Gasteiger partial charge in [0.25, 0.3) is 0 Å². The second-order valence-electron chi connectivity index (χ2n) is 6.37. The third-order valence-electron chi connectivity index (χ3n) is 4.16. The lowest BCUT2D eigenvalue weighted by Crippen LogP contribution is -2.46. The Morgan fingerprint density at radius 2 is 2.29 bits per heavy atom. The second-order valence-corrected chi connectivity index (χ2v) is 6.37. The Kier molecular flexibility index (Phi) is 4.83. The first-order valence-corrected chi connectivity index (χ1v) is 7.15. The number of rotatable bonds is 4. The second kappa shape index (κ2) is 6.17. The Morgan fingerprint density at radius 1 is 1.41 bits per heavy atom. The molecule has 0 aromatic heterocycles. The summed E-state index contributed by atoms with van der Waals surface area (Å²) in [5.41, 5.74) is 0.475. The van der Waals surface area contributed by atoms with E-state index in [0.717, 1.165) is 19.1 Å². The first-order valence-electron chi connectivity index (χ1n) is 7.15. The van der Waals surface area contributed by atoms with Crippen LogP contribution >= 0.6 is 0 Å². The average molecular weight is 240 g/mol. The third kappa shape index (κ3) is 4.23. The minimum absolute atomic E-state index is 0.475. The zero-order valence-electron chi connectivity index (χ0n) is 11.5. The molecular formula is C14H28N2O. The molecule has 0 aromatic rings. The van der Waals surface area contributed by atoms with Crippen LogP contribution in [-0.4, -0.2) is 51.3 Å². The quantitative estimate of drug-likeness (QED) is 0.810. The van der Waals surface area contributed by atoms with Crippen molar-refractivity contribution in [1.82, 2.24) is 10.2 Å². The van der Waals surface area contributed by atoms with E-state index in [-0.39, 0.29) is 0 Å². The van der Waals surface area contributed by atoms with E-state index >= 15 is 0 Å². The Hall–Kier alpha value is -0.120. The maximum absolute atomic E-state index is 5.56. The van der Waals surface area contributed by atoms with Crippen LogP contribution in [0.25, 0.3) is 0 Å². The van der Waals surface area contributed by atoms with Gasteiger partial charge in [0.15, 0.2) is 0 Å². The lowest BCUT2D eigenvalue weighted by Gasteiger charge is -2.38. The molecule has 0 amide bonds. The van der Waals surface area contributed by atoms with Crippen molar-refractivity contribution in [1.29, 1.82) is 0 Å². The molecule has 2 atom stereocenters. The van der Waals surface area contributed by atoms with E-state index in [2.05, 4.69) is 24.2 Å². The molecule has 0 bridgehead atoms. The predicted octanol–water partition coefficient (Wildman–Crippen LogP) is 1.73. The number of hydrogen-bond acceptors (Lipinski definition) is 3. The zero-order valence-corrected chi connectivity index (χ0v) is 11.5. The maximum Gasteiger partial charge on any atom is 0.0506 e. The third-order valence-corrected chi connectivity index (χ3v) is 4.16. The van der Waals surface area contributed by atoms with Crippen LogP contribution in [0.3, 0.4) is 0 Å². The van der Waals surface area contributed by atoms with Crippen molar-refractivity contribution in [3.8, 4) is 0 Å². The Morgan fingerprint density at radius 3 is 2.94 bits per heavy atom. The smallest absolute Gasteiger partial charge is 0.0506 e. The van der Waals surface area contributed by atoms with E-state index in [1.807, 2.05) is 0 Å². The van der Waals surface area contributed by atoms with Crippen LogP contribution < -0.4 is 5.32 Å². The molecule has 0 aliphatic carbocycles. The van der Waals surface area contributed by atoms with E-state index in [1.54, 1.807) is 0 Å². The van der Waals surface area contributed by atoms with Crippen LogP contribution in [0.15, 0.2) is 0 Å². The van der Waals surface area contributed by atoms with Crippen molar-refractivity contribution in [3.63, 3.8) is 0 Å². The largest absolute Gasteiger partial charge is 0.381 e. The van der Waals surface area contributed by atoms with Gasteiger partial charge >= 0.3 is 0 Å². The van der Waals surface area contributed by atoms with Crippen LogP contribution in [0, 0.1) is 11.3 Å². The van der Waals surface area contributed by atoms with Gasteiger partial charge in [-0.15, -0.1) is 0 Å². The lowest BCUT2D eigenvalue weighted by molar-refractivity contribution is 0.0346. The monoisotopic (exact) mass is 240 g/mol. The Bertz CT molecular complexity index is 220. The van der Waals surface area contributed by atoms with Crippen LogP contribution in [-0.2, 0) is 4.74 Å². The van der Waals surface area contributed by atoms with E-state index in [0.29, 0.717) is 5.41 Å². The molecule has 0 aromatic carbocycles. The molecule has 0 saturated carbocycles. The molecule has 2 fully saturated rings. The van der Waals surface area contributed by atoms with Gasteiger partial charge in [-0.05, 0) is 50.6 Å². The zero-order chi connectivity index (χ0) is 12.1. The molecule has 2 heterocycles. The fourth-order valence-corrected chi connectivity index (χ4v) is 3.36. The number of hydrogen-bond donors (Lipinski definition) is 1. The molecule has 2 rings (SSSR count). The summed E-state index contributed by atoms with van der Waals surface area (Å²) in [6.07, 6.45) is 5.29. The topological polar surface area (TPSA) is 24.5 Å². The maximum atomic E-state index is 5.56. The molecule has 3 heteroatoms. The van der Waals surface area contributed by atoms with Gasteiger partial charge in [-0.25, -0.2) is 0 Å². The average Bonchev–Trinajstić information content (AvgIpc) is 2.30. The van der Waals surface area contributed by atoms with Gasteiger partial charge in [-0.2, -0.15) is 0 Å². The molecule has 2 aliphatic rings. The van der Waals surface area contributed by atoms with Crippen molar-refractivity contribution in [2.45, 2.75) is 32.6 Å². The van der Waals surface area contributed by atoms with Gasteiger partial charge < -0.3 is 15.0 Å². The van der Waals surface area contributed by atoms with Crippen molar-refractivity contribution in [2.24, 2.45) is 11.3 Å². The number of nitrogens with one attached hydrogen (secondary N) is 1. The van der Waals surface area contributed by atoms with Crippen LogP contribution in [0.5, 0.6) is 0 Å². The van der Waals surface area contributed by atoms with E-state index in [4.69, 9.17) is 4.74 Å². The Balaban J connectivity index is 1.73. The van der Waals surface area contributed by atoms with Crippen molar-refractivity contribution in [3.05, 3.63) is 0 Å². The molecule has 3 nitrogen and oxygen atoms in total. The summed E-state index contributed by atoms with van der Waals surface area (Å²) in [6, 6.07) is 0. The van der Waals surface area contributed by atoms with E-state index in [1.165, 1.54) is 51.9 Å². The highest BCUT2D eigenvalue weighted by Gasteiger charge is 2.28. The number of nitrogens with zero attached hydrogens (tertiary/aromatic N) is 1. The molecule has 0 radical (unpaired) electrons. The minimum atomic E-state index is 0.475. The standard InChI is InChI=1S/C14H28N2O/c1-14(6-4-7-15-11-14)12-16(2)9-13-5-3-8-17-10-13/h13,15H,3-12H2,1-2H3. The highest BCUT2D eigenvalue weighted by Crippen LogP contribution is 2.26. The molecule has 2 unspecified atom stereocenters. The molecule has 2 saturated heterocycles. The molecule has 1 N–H and O–H groups in total. The highest BCUT2D eigenvalue weighted by atomic mass is 16.5. The van der Waals surface area contributed by atoms with Gasteiger partial charge in [-0.3, -0.25) is 0 Å². The van der Waals surface area contributed by atoms with Gasteiger partial charge in [-0.1, -0.05) is 6.92 Å². The van der Waals surface area contributed by atoms with Gasteiger partial charge in [0, 0.05) is 26.2 Å². The van der Waals surface area contributed by atoms with E-state index < -0.39 is 0 Å². The Labute approximate surface area is 106 Å². The lowest BCUT2D eigenvalue weighted by atomic mass is 9.82. The summed E-state index contributed by atoms with van der Waals surface area (Å²) in [5, 5.41) is 3.53. The number of piperidine rings is 1. The molecular weight excluding hydrogens is 212 g/mol. The predicted molar refractivity (Wildman–Crippen MR) is 71.3 cm³/mol. The highest BCUT2D eigenvalue weighted by molar-refractivity contribution is 4.84. The van der Waals surface area contributed by atoms with Crippen LogP contribution in [0.4, 0.5) is 0 Å². The normalized spacial score (nSPS) is 35.1. The SMILES string of the molecule is CN(CC1CCCOC1)CC1(C)CCCNC1. The van der Waals surface area contributed by atoms with Crippen LogP contribution in [0.1, 0.15) is 32.6 Å². The minimum Gasteiger partial charge on any atom is -0.381 e. The molecule has 2 aliphatic heterocycles. The fourth-order valence-electron chi connectivity index (χ4n) is 3.36. The van der Waals surface area contributed by atoms with Gasteiger partial charge in [0.05, 0.1) is 6.61 Å². The summed E-state index contributed by atoms with van der Waals surface area (Å²) in [6.45, 7) is 9.18. The summed E-state index contributed by atoms with van der Waals surface area (Å²) < 4.78 is 5.56. The molecule has 0 spiro atoms. The van der Waals surface area contributed by atoms with Crippen molar-refractivity contribution in [2.75, 3.05) is 46.4 Å². The first kappa shape index (κ1) is 13.3. The van der Waals surface area contributed by atoms with Crippen molar-refractivity contribution >= 4 is 0 Å². The van der Waals surface area contributed by atoms with Crippen LogP contribution in [0.2, 0.25) is 0 Å². The molecule has 100 valence electrons. The fraction of sp³-hybridized carbons (Fsp3) is 1.00. The van der Waals surface area contributed by atoms with Crippen molar-refractivity contribution < 1.29 is 4.74 Å². The summed E-state index contributed by atoms with van der Waals surface area (Å²) in [5.74, 6) is 0.758. The van der Waals surface area contributed by atoms with Gasteiger partial charge in [0.1, 0.15) is 0 Å². The summed E-state index contributed by atoms with van der Waals surface area (Å²) >= 11 is 0.